The van der Waals surface area contributed by atoms with E-state index in [0.29, 0.717) is 25.7 Å². The van der Waals surface area contributed by atoms with Crippen molar-refractivity contribution in [2.75, 3.05) is 0 Å². The number of unbranched alkanes of at least 4 members (excludes halogenated alkanes) is 1. The average molecular weight is 328 g/mol. The molecule has 1 atom stereocenters. The van der Waals surface area contributed by atoms with Crippen molar-refractivity contribution in [1.82, 2.24) is 0 Å². The minimum absolute atomic E-state index is 0.0729. The molecule has 6 nitrogen and oxygen atoms in total. The van der Waals surface area contributed by atoms with Crippen molar-refractivity contribution in [1.29, 1.82) is 0 Å². The highest BCUT2D eigenvalue weighted by atomic mass is 16.8. The second-order valence-corrected chi connectivity index (χ2v) is 6.11. The summed E-state index contributed by atoms with van der Waals surface area (Å²) >= 11 is 0. The van der Waals surface area contributed by atoms with Crippen LogP contribution in [0.4, 0.5) is 0 Å². The number of esters is 2. The van der Waals surface area contributed by atoms with Crippen LogP contribution in [-0.2, 0) is 19.1 Å². The molecule has 0 aliphatic heterocycles. The number of hydrogen-bond donors (Lipinski definition) is 2. The van der Waals surface area contributed by atoms with E-state index in [0.717, 1.165) is 0 Å². The SMILES string of the molecule is C=C(C)C(=O)OC(O)(CCCCC(C)(O)CC)OC(=O)C(=C)C. The molecule has 0 amide bonds. The average Bonchev–Trinajstić information content (AvgIpc) is 2.43. The summed E-state index contributed by atoms with van der Waals surface area (Å²) in [6, 6.07) is 0. The molecular weight excluding hydrogens is 300 g/mol. The Morgan fingerprint density at radius 3 is 1.70 bits per heavy atom. The summed E-state index contributed by atoms with van der Waals surface area (Å²) in [5.41, 5.74) is -0.645. The van der Waals surface area contributed by atoms with Gasteiger partial charge in [0.1, 0.15) is 0 Å². The first-order valence-corrected chi connectivity index (χ1v) is 7.65. The lowest BCUT2D eigenvalue weighted by Crippen LogP contribution is -2.40. The molecule has 6 heteroatoms. The molecular formula is C17H28O6. The first kappa shape index (κ1) is 21.3. The van der Waals surface area contributed by atoms with E-state index in [1.807, 2.05) is 6.92 Å². The van der Waals surface area contributed by atoms with E-state index in [2.05, 4.69) is 13.2 Å². The van der Waals surface area contributed by atoms with Gasteiger partial charge in [-0.2, -0.15) is 0 Å². The maximum atomic E-state index is 11.6. The summed E-state index contributed by atoms with van der Waals surface area (Å²) < 4.78 is 9.70. The summed E-state index contributed by atoms with van der Waals surface area (Å²) in [7, 11) is 0. The Bertz CT molecular complexity index is 436. The minimum atomic E-state index is -2.37. The molecule has 0 aromatic carbocycles. The number of carbonyl (C=O) groups excluding carboxylic acids is 2. The van der Waals surface area contributed by atoms with Crippen LogP contribution in [0.5, 0.6) is 0 Å². The van der Waals surface area contributed by atoms with Gasteiger partial charge in [-0.3, -0.25) is 0 Å². The van der Waals surface area contributed by atoms with Gasteiger partial charge < -0.3 is 19.7 Å². The summed E-state index contributed by atoms with van der Waals surface area (Å²) in [6.45, 7) is 13.3. The number of aliphatic hydroxyl groups is 2. The van der Waals surface area contributed by atoms with Crippen LogP contribution in [0.3, 0.4) is 0 Å². The number of carbonyl (C=O) groups is 2. The highest BCUT2D eigenvalue weighted by Crippen LogP contribution is 2.24. The van der Waals surface area contributed by atoms with Gasteiger partial charge in [0.05, 0.1) is 12.0 Å². The lowest BCUT2D eigenvalue weighted by atomic mass is 9.95. The molecule has 1 unspecified atom stereocenters. The fourth-order valence-electron chi connectivity index (χ4n) is 1.62. The first-order valence-electron chi connectivity index (χ1n) is 7.65. The Morgan fingerprint density at radius 1 is 0.957 bits per heavy atom. The van der Waals surface area contributed by atoms with Gasteiger partial charge in [-0.25, -0.2) is 9.59 Å². The molecule has 0 saturated carbocycles. The van der Waals surface area contributed by atoms with Crippen LogP contribution < -0.4 is 0 Å². The second-order valence-electron chi connectivity index (χ2n) is 6.11. The third-order valence-electron chi connectivity index (χ3n) is 3.42. The number of rotatable bonds is 10. The van der Waals surface area contributed by atoms with Gasteiger partial charge in [0.15, 0.2) is 0 Å². The first-order chi connectivity index (χ1) is 10.4. The van der Waals surface area contributed by atoms with E-state index in [-0.39, 0.29) is 17.6 Å². The Balaban J connectivity index is 4.78. The zero-order valence-corrected chi connectivity index (χ0v) is 14.5. The van der Waals surface area contributed by atoms with Crippen molar-refractivity contribution < 1.29 is 29.3 Å². The van der Waals surface area contributed by atoms with Gasteiger partial charge in [-0.15, -0.1) is 0 Å². The maximum absolute atomic E-state index is 11.6. The van der Waals surface area contributed by atoms with Gasteiger partial charge in [0.2, 0.25) is 0 Å². The van der Waals surface area contributed by atoms with Gasteiger partial charge in [-0.1, -0.05) is 26.5 Å². The highest BCUT2D eigenvalue weighted by molar-refractivity contribution is 5.88. The van der Waals surface area contributed by atoms with Crippen molar-refractivity contribution in [3.63, 3.8) is 0 Å². The smallest absolute Gasteiger partial charge is 0.373 e. The van der Waals surface area contributed by atoms with Gasteiger partial charge >= 0.3 is 17.9 Å². The van der Waals surface area contributed by atoms with E-state index >= 15 is 0 Å². The minimum Gasteiger partial charge on any atom is -0.395 e. The zero-order chi connectivity index (χ0) is 18.3. The second kappa shape index (κ2) is 8.84. The van der Waals surface area contributed by atoms with Crippen molar-refractivity contribution >= 4 is 11.9 Å². The molecule has 132 valence electrons. The third-order valence-corrected chi connectivity index (χ3v) is 3.42. The van der Waals surface area contributed by atoms with Crippen LogP contribution >= 0.6 is 0 Å². The lowest BCUT2D eigenvalue weighted by Gasteiger charge is -2.28. The Kier molecular flexibility index (Phi) is 8.20. The van der Waals surface area contributed by atoms with Gasteiger partial charge in [0.25, 0.3) is 0 Å². The molecule has 0 aliphatic rings. The molecule has 0 saturated heterocycles. The topological polar surface area (TPSA) is 93.1 Å². The van der Waals surface area contributed by atoms with E-state index in [4.69, 9.17) is 9.47 Å². The van der Waals surface area contributed by atoms with Crippen molar-refractivity contribution in [2.24, 2.45) is 0 Å². The van der Waals surface area contributed by atoms with E-state index in [9.17, 15) is 19.8 Å². The predicted octanol–water partition coefficient (Wildman–Crippen LogP) is 2.59. The van der Waals surface area contributed by atoms with Crippen molar-refractivity contribution in [3.8, 4) is 0 Å². The van der Waals surface area contributed by atoms with Crippen LogP contribution in [0.15, 0.2) is 24.3 Å². The molecule has 0 spiro atoms. The molecule has 0 fully saturated rings. The summed E-state index contributed by atoms with van der Waals surface area (Å²) in [5, 5.41) is 20.2. The normalized spacial score (nSPS) is 13.8. The molecule has 0 rings (SSSR count). The highest BCUT2D eigenvalue weighted by Gasteiger charge is 2.36. The van der Waals surface area contributed by atoms with Crippen LogP contribution in [0, 0.1) is 0 Å². The monoisotopic (exact) mass is 328 g/mol. The Labute approximate surface area is 137 Å². The standard InChI is InChI=1S/C17H28O6/c1-7-16(6,20)10-8-9-11-17(21,22-14(18)12(2)3)23-15(19)13(4)5/h20-21H,2,4,7-11H2,1,3,5-6H3. The van der Waals surface area contributed by atoms with Crippen LogP contribution in [0.25, 0.3) is 0 Å². The molecule has 0 radical (unpaired) electrons. The van der Waals surface area contributed by atoms with E-state index < -0.39 is 23.5 Å². The molecule has 23 heavy (non-hydrogen) atoms. The molecule has 0 bridgehead atoms. The fourth-order valence-corrected chi connectivity index (χ4v) is 1.62. The number of ether oxygens (including phenoxy) is 2. The fraction of sp³-hybridized carbons (Fsp3) is 0.647. The third kappa shape index (κ3) is 8.52. The van der Waals surface area contributed by atoms with Crippen LogP contribution in [-0.4, -0.2) is 33.7 Å². The molecule has 0 aromatic rings. The van der Waals surface area contributed by atoms with Crippen LogP contribution in [0.2, 0.25) is 0 Å². The zero-order valence-electron chi connectivity index (χ0n) is 14.5. The lowest BCUT2D eigenvalue weighted by molar-refractivity contribution is -0.325. The maximum Gasteiger partial charge on any atom is 0.373 e. The van der Waals surface area contributed by atoms with Crippen molar-refractivity contribution in [3.05, 3.63) is 24.3 Å². The van der Waals surface area contributed by atoms with E-state index in [1.165, 1.54) is 13.8 Å². The van der Waals surface area contributed by atoms with Crippen LogP contribution in [0.1, 0.15) is 59.8 Å². The Morgan fingerprint density at radius 2 is 1.35 bits per heavy atom. The molecule has 0 heterocycles. The molecule has 0 aliphatic carbocycles. The summed E-state index contributed by atoms with van der Waals surface area (Å²) in [4.78, 5) is 23.2. The Hall–Kier alpha value is -1.66. The van der Waals surface area contributed by atoms with E-state index in [1.54, 1.807) is 6.92 Å². The predicted molar refractivity (Wildman–Crippen MR) is 86.1 cm³/mol. The van der Waals surface area contributed by atoms with Gasteiger partial charge in [-0.05, 0) is 40.0 Å². The largest absolute Gasteiger partial charge is 0.395 e. The van der Waals surface area contributed by atoms with Gasteiger partial charge in [0, 0.05) is 11.1 Å². The number of hydrogen-bond acceptors (Lipinski definition) is 6. The van der Waals surface area contributed by atoms with Crippen molar-refractivity contribution in [2.45, 2.75) is 71.4 Å². The summed E-state index contributed by atoms with van der Waals surface area (Å²) in [6.07, 6.45) is 1.97. The quantitative estimate of drug-likeness (QED) is 0.277. The molecule has 2 N–H and O–H groups in total. The molecule has 0 aromatic heterocycles. The summed E-state index contributed by atoms with van der Waals surface area (Å²) in [5.74, 6) is -4.09.